The third-order valence-electron chi connectivity index (χ3n) is 4.07. The van der Waals surface area contributed by atoms with Crippen molar-refractivity contribution in [3.05, 3.63) is 53.6 Å². The fourth-order valence-corrected chi connectivity index (χ4v) is 4.05. The van der Waals surface area contributed by atoms with Crippen LogP contribution in [0.15, 0.2) is 53.4 Å². The van der Waals surface area contributed by atoms with Gasteiger partial charge in [0.25, 0.3) is 0 Å². The van der Waals surface area contributed by atoms with Crippen molar-refractivity contribution in [2.45, 2.75) is 36.3 Å². The SMILES string of the molecule is CCCC(=O)Nc1ccc(S[C@H]2CC(=O)N(c3cccc(Cl)c3)C2=O)cc1. The fourth-order valence-electron chi connectivity index (χ4n) is 2.81. The average molecular weight is 403 g/mol. The number of benzene rings is 2. The van der Waals surface area contributed by atoms with Gasteiger partial charge in [0.05, 0.1) is 10.9 Å². The molecule has 3 rings (SSSR count). The Bertz CT molecular complexity index is 870. The van der Waals surface area contributed by atoms with Crippen LogP contribution in [0.1, 0.15) is 26.2 Å². The number of nitrogens with zero attached hydrogens (tertiary/aromatic N) is 1. The van der Waals surface area contributed by atoms with Crippen molar-refractivity contribution in [3.8, 4) is 0 Å². The van der Waals surface area contributed by atoms with E-state index in [1.165, 1.54) is 16.7 Å². The molecule has 0 aromatic heterocycles. The highest BCUT2D eigenvalue weighted by atomic mass is 35.5. The van der Waals surface area contributed by atoms with Crippen LogP contribution in [0.4, 0.5) is 11.4 Å². The normalized spacial score (nSPS) is 16.7. The van der Waals surface area contributed by atoms with Gasteiger partial charge in [-0.15, -0.1) is 11.8 Å². The molecule has 2 aromatic carbocycles. The summed E-state index contributed by atoms with van der Waals surface area (Å²) in [5, 5.41) is 2.83. The molecule has 1 fully saturated rings. The van der Waals surface area contributed by atoms with E-state index in [1.807, 2.05) is 19.1 Å². The maximum atomic E-state index is 12.7. The molecule has 1 aliphatic heterocycles. The number of amides is 3. The second-order valence-electron chi connectivity index (χ2n) is 6.18. The lowest BCUT2D eigenvalue weighted by Gasteiger charge is -2.15. The Labute approximate surface area is 167 Å². The van der Waals surface area contributed by atoms with Gasteiger partial charge in [-0.05, 0) is 48.9 Å². The Morgan fingerprint density at radius 1 is 1.22 bits per heavy atom. The lowest BCUT2D eigenvalue weighted by Crippen LogP contribution is -2.31. The van der Waals surface area contributed by atoms with Gasteiger partial charge in [0.15, 0.2) is 0 Å². The van der Waals surface area contributed by atoms with Gasteiger partial charge in [0, 0.05) is 28.4 Å². The number of carbonyl (C=O) groups is 3. The molecular weight excluding hydrogens is 384 g/mol. The summed E-state index contributed by atoms with van der Waals surface area (Å²) in [6.45, 7) is 1.95. The monoisotopic (exact) mass is 402 g/mol. The molecular formula is C20H19ClN2O3S. The van der Waals surface area contributed by atoms with Gasteiger partial charge < -0.3 is 5.32 Å². The van der Waals surface area contributed by atoms with E-state index in [0.29, 0.717) is 22.8 Å². The first-order valence-electron chi connectivity index (χ1n) is 8.67. The Kier molecular flexibility index (Phi) is 6.19. The standard InChI is InChI=1S/C20H19ClN2O3S/c1-2-4-18(24)22-14-7-9-16(10-8-14)27-17-12-19(25)23(20(17)26)15-6-3-5-13(21)11-15/h3,5-11,17H,2,4,12H2,1H3,(H,22,24)/t17-/m0/s1. The van der Waals surface area contributed by atoms with Crippen molar-refractivity contribution in [2.24, 2.45) is 0 Å². The summed E-state index contributed by atoms with van der Waals surface area (Å²) in [5.41, 5.74) is 1.21. The summed E-state index contributed by atoms with van der Waals surface area (Å²) in [6, 6.07) is 14.0. The maximum absolute atomic E-state index is 12.7. The first kappa shape index (κ1) is 19.5. The van der Waals surface area contributed by atoms with Crippen molar-refractivity contribution in [1.29, 1.82) is 0 Å². The van der Waals surface area contributed by atoms with Crippen molar-refractivity contribution in [1.82, 2.24) is 0 Å². The number of anilines is 2. The van der Waals surface area contributed by atoms with Crippen LogP contribution in [0.5, 0.6) is 0 Å². The quantitative estimate of drug-likeness (QED) is 0.722. The highest BCUT2D eigenvalue weighted by Crippen LogP contribution is 2.35. The van der Waals surface area contributed by atoms with Crippen LogP contribution < -0.4 is 10.2 Å². The molecule has 7 heteroatoms. The van der Waals surface area contributed by atoms with E-state index in [0.717, 1.165) is 11.3 Å². The zero-order valence-corrected chi connectivity index (χ0v) is 16.3. The molecule has 0 spiro atoms. The van der Waals surface area contributed by atoms with E-state index in [4.69, 9.17) is 11.6 Å². The number of nitrogens with one attached hydrogen (secondary N) is 1. The smallest absolute Gasteiger partial charge is 0.247 e. The summed E-state index contributed by atoms with van der Waals surface area (Å²) < 4.78 is 0. The molecule has 0 bridgehead atoms. The molecule has 0 aliphatic carbocycles. The van der Waals surface area contributed by atoms with Gasteiger partial charge in [-0.3, -0.25) is 14.4 Å². The van der Waals surface area contributed by atoms with Crippen molar-refractivity contribution < 1.29 is 14.4 Å². The molecule has 5 nitrogen and oxygen atoms in total. The molecule has 140 valence electrons. The van der Waals surface area contributed by atoms with Crippen LogP contribution in [0, 0.1) is 0 Å². The van der Waals surface area contributed by atoms with Gasteiger partial charge in [0.2, 0.25) is 17.7 Å². The van der Waals surface area contributed by atoms with Crippen molar-refractivity contribution in [2.75, 3.05) is 10.2 Å². The number of carbonyl (C=O) groups excluding carboxylic acids is 3. The number of imide groups is 1. The van der Waals surface area contributed by atoms with Crippen LogP contribution in [0.3, 0.4) is 0 Å². The summed E-state index contributed by atoms with van der Waals surface area (Å²) in [6.07, 6.45) is 1.42. The Hall–Kier alpha value is -2.31. The van der Waals surface area contributed by atoms with Gasteiger partial charge in [-0.25, -0.2) is 4.90 Å². The predicted molar refractivity (Wildman–Crippen MR) is 108 cm³/mol. The Morgan fingerprint density at radius 2 is 1.96 bits per heavy atom. The maximum Gasteiger partial charge on any atom is 0.247 e. The number of rotatable bonds is 6. The topological polar surface area (TPSA) is 66.5 Å². The highest BCUT2D eigenvalue weighted by molar-refractivity contribution is 8.00. The summed E-state index contributed by atoms with van der Waals surface area (Å²) in [5.74, 6) is -0.498. The molecule has 3 amide bonds. The highest BCUT2D eigenvalue weighted by Gasteiger charge is 2.40. The van der Waals surface area contributed by atoms with E-state index in [9.17, 15) is 14.4 Å². The van der Waals surface area contributed by atoms with E-state index in [-0.39, 0.29) is 24.1 Å². The molecule has 1 atom stereocenters. The summed E-state index contributed by atoms with van der Waals surface area (Å²) in [7, 11) is 0. The number of hydrogen-bond donors (Lipinski definition) is 1. The number of thioether (sulfide) groups is 1. The Balaban J connectivity index is 1.67. The van der Waals surface area contributed by atoms with Crippen LogP contribution in [0.2, 0.25) is 5.02 Å². The second-order valence-corrected chi connectivity index (χ2v) is 7.89. The van der Waals surface area contributed by atoms with Crippen molar-refractivity contribution >= 4 is 52.5 Å². The first-order chi connectivity index (χ1) is 13.0. The van der Waals surface area contributed by atoms with Gasteiger partial charge >= 0.3 is 0 Å². The first-order valence-corrected chi connectivity index (χ1v) is 9.92. The molecule has 1 aliphatic rings. The molecule has 1 heterocycles. The molecule has 0 unspecified atom stereocenters. The predicted octanol–water partition coefficient (Wildman–Crippen LogP) is 4.50. The zero-order valence-electron chi connectivity index (χ0n) is 14.8. The lowest BCUT2D eigenvalue weighted by atomic mass is 10.3. The molecule has 2 aromatic rings. The minimum Gasteiger partial charge on any atom is -0.326 e. The van der Waals surface area contributed by atoms with Crippen LogP contribution in [-0.4, -0.2) is 23.0 Å². The van der Waals surface area contributed by atoms with E-state index >= 15 is 0 Å². The summed E-state index contributed by atoms with van der Waals surface area (Å²) >= 11 is 7.32. The molecule has 1 saturated heterocycles. The fraction of sp³-hybridized carbons (Fsp3) is 0.250. The lowest BCUT2D eigenvalue weighted by molar-refractivity contribution is -0.121. The molecule has 1 N–H and O–H groups in total. The number of hydrogen-bond acceptors (Lipinski definition) is 4. The van der Waals surface area contributed by atoms with Crippen LogP contribution in [0.25, 0.3) is 0 Å². The van der Waals surface area contributed by atoms with E-state index in [2.05, 4.69) is 5.32 Å². The van der Waals surface area contributed by atoms with Gasteiger partial charge in [0.1, 0.15) is 0 Å². The van der Waals surface area contributed by atoms with E-state index < -0.39 is 5.25 Å². The molecule has 0 radical (unpaired) electrons. The number of halogens is 1. The van der Waals surface area contributed by atoms with E-state index in [1.54, 1.807) is 36.4 Å². The van der Waals surface area contributed by atoms with Crippen LogP contribution >= 0.6 is 23.4 Å². The second kappa shape index (κ2) is 8.59. The minimum atomic E-state index is -0.475. The van der Waals surface area contributed by atoms with Crippen LogP contribution in [-0.2, 0) is 14.4 Å². The van der Waals surface area contributed by atoms with Crippen molar-refractivity contribution in [3.63, 3.8) is 0 Å². The third kappa shape index (κ3) is 4.70. The Morgan fingerprint density at radius 3 is 2.63 bits per heavy atom. The minimum absolute atomic E-state index is 0.0216. The third-order valence-corrected chi connectivity index (χ3v) is 5.50. The van der Waals surface area contributed by atoms with Gasteiger partial charge in [-0.2, -0.15) is 0 Å². The van der Waals surface area contributed by atoms with Gasteiger partial charge in [-0.1, -0.05) is 24.6 Å². The summed E-state index contributed by atoms with van der Waals surface area (Å²) in [4.78, 5) is 38.7. The molecule has 27 heavy (non-hydrogen) atoms. The largest absolute Gasteiger partial charge is 0.326 e. The average Bonchev–Trinajstić information content (AvgIpc) is 2.90. The zero-order chi connectivity index (χ0) is 19.4. The molecule has 0 saturated carbocycles.